The van der Waals surface area contributed by atoms with Gasteiger partial charge in [0.1, 0.15) is 17.4 Å². The Morgan fingerprint density at radius 3 is 2.42 bits per heavy atom. The van der Waals surface area contributed by atoms with Crippen molar-refractivity contribution in [3.63, 3.8) is 0 Å². The summed E-state index contributed by atoms with van der Waals surface area (Å²) in [6.07, 6.45) is 0. The second-order valence-electron chi connectivity index (χ2n) is 8.06. The second-order valence-corrected chi connectivity index (χ2v) is 8.06. The van der Waals surface area contributed by atoms with Crippen LogP contribution in [-0.2, 0) is 0 Å². The molecule has 3 heterocycles. The van der Waals surface area contributed by atoms with Gasteiger partial charge in [0.15, 0.2) is 22.7 Å². The van der Waals surface area contributed by atoms with Crippen LogP contribution in [0.15, 0.2) is 50.1 Å². The van der Waals surface area contributed by atoms with Crippen molar-refractivity contribution >= 4 is 22.7 Å². The van der Waals surface area contributed by atoms with Gasteiger partial charge in [-0.1, -0.05) is 17.3 Å². The lowest BCUT2D eigenvalue weighted by molar-refractivity contribution is 0.0969. The van der Waals surface area contributed by atoms with E-state index < -0.39 is 11.9 Å². The first-order chi connectivity index (χ1) is 15.8. The number of carbonyl (C=O) groups is 1. The highest BCUT2D eigenvalue weighted by Gasteiger charge is 2.46. The number of ether oxygens (including phenoxy) is 2. The van der Waals surface area contributed by atoms with Gasteiger partial charge in [0, 0.05) is 11.6 Å². The fourth-order valence-electron chi connectivity index (χ4n) is 4.35. The van der Waals surface area contributed by atoms with Crippen molar-refractivity contribution in [2.75, 3.05) is 19.1 Å². The Kier molecular flexibility index (Phi) is 4.74. The van der Waals surface area contributed by atoms with E-state index in [0.717, 1.165) is 11.1 Å². The predicted molar refractivity (Wildman–Crippen MR) is 121 cm³/mol. The Labute approximate surface area is 189 Å². The minimum atomic E-state index is -0.843. The molecule has 4 aromatic rings. The van der Waals surface area contributed by atoms with Gasteiger partial charge in [-0.3, -0.25) is 14.5 Å². The third-order valence-corrected chi connectivity index (χ3v) is 6.08. The molecule has 0 aliphatic carbocycles. The number of para-hydroxylation sites is 1. The van der Waals surface area contributed by atoms with Gasteiger partial charge in [0.05, 0.1) is 25.2 Å². The first-order valence-corrected chi connectivity index (χ1v) is 10.4. The molecule has 0 spiro atoms. The van der Waals surface area contributed by atoms with Crippen molar-refractivity contribution in [3.8, 4) is 11.5 Å². The summed E-state index contributed by atoms with van der Waals surface area (Å²) in [4.78, 5) is 28.8. The monoisotopic (exact) mass is 446 g/mol. The first kappa shape index (κ1) is 20.8. The van der Waals surface area contributed by atoms with Gasteiger partial charge < -0.3 is 18.4 Å². The number of aryl methyl sites for hydroxylation is 3. The van der Waals surface area contributed by atoms with Crippen molar-refractivity contribution in [2.45, 2.75) is 26.8 Å². The summed E-state index contributed by atoms with van der Waals surface area (Å²) >= 11 is 0. The van der Waals surface area contributed by atoms with E-state index in [0.29, 0.717) is 33.8 Å². The molecule has 1 aliphatic rings. The molecule has 0 saturated heterocycles. The average molecular weight is 446 g/mol. The highest BCUT2D eigenvalue weighted by Crippen LogP contribution is 2.46. The zero-order valence-corrected chi connectivity index (χ0v) is 18.9. The van der Waals surface area contributed by atoms with Crippen LogP contribution in [0.2, 0.25) is 0 Å². The summed E-state index contributed by atoms with van der Waals surface area (Å²) in [7, 11) is 3.04. The van der Waals surface area contributed by atoms with Crippen LogP contribution in [0.5, 0.6) is 11.5 Å². The number of amides is 1. The molecule has 2 aromatic heterocycles. The molecule has 0 radical (unpaired) electrons. The lowest BCUT2D eigenvalue weighted by atomic mass is 9.96. The summed E-state index contributed by atoms with van der Waals surface area (Å²) < 4.78 is 22.4. The summed E-state index contributed by atoms with van der Waals surface area (Å²) in [6.45, 7) is 5.59. The smallest absolute Gasteiger partial charge is 0.296 e. The molecule has 5 rings (SSSR count). The molecule has 168 valence electrons. The van der Waals surface area contributed by atoms with Crippen molar-refractivity contribution in [3.05, 3.63) is 80.4 Å². The quantitative estimate of drug-likeness (QED) is 0.456. The molecular formula is C25H22N2O6. The second kappa shape index (κ2) is 7.51. The molecule has 8 nitrogen and oxygen atoms in total. The molecule has 0 bridgehead atoms. The number of methoxy groups -OCH3 is 2. The Hall–Kier alpha value is -4.07. The standard InChI is InChI=1S/C25H22N2O6/c1-12-9-16-18(10-13(12)2)32-24-20(22(16)28)21(15-7-6-8-17(30-4)23(15)31-5)27(25(24)29)19-11-14(3)33-26-19/h6-11,21H,1-5H3/t21-/m1/s1. The van der Waals surface area contributed by atoms with Crippen LogP contribution in [0.3, 0.4) is 0 Å². The van der Waals surface area contributed by atoms with Crippen LogP contribution in [0, 0.1) is 20.8 Å². The lowest BCUT2D eigenvalue weighted by Gasteiger charge is -2.24. The number of benzene rings is 2. The Morgan fingerprint density at radius 2 is 1.76 bits per heavy atom. The van der Waals surface area contributed by atoms with Crippen LogP contribution in [-0.4, -0.2) is 25.3 Å². The first-order valence-electron chi connectivity index (χ1n) is 10.4. The van der Waals surface area contributed by atoms with Crippen LogP contribution >= 0.6 is 0 Å². The molecule has 2 aromatic carbocycles. The van der Waals surface area contributed by atoms with Crippen molar-refractivity contribution in [2.24, 2.45) is 0 Å². The van der Waals surface area contributed by atoms with Gasteiger partial charge in [-0.05, 0) is 50.1 Å². The van der Waals surface area contributed by atoms with Gasteiger partial charge in [0.25, 0.3) is 5.91 Å². The molecule has 33 heavy (non-hydrogen) atoms. The number of hydrogen-bond donors (Lipinski definition) is 0. The van der Waals surface area contributed by atoms with Crippen LogP contribution in [0.25, 0.3) is 11.0 Å². The van der Waals surface area contributed by atoms with Gasteiger partial charge >= 0.3 is 0 Å². The van der Waals surface area contributed by atoms with E-state index in [2.05, 4.69) is 5.16 Å². The lowest BCUT2D eigenvalue weighted by Crippen LogP contribution is -2.30. The van der Waals surface area contributed by atoms with Gasteiger partial charge in [-0.2, -0.15) is 0 Å². The number of hydrogen-bond acceptors (Lipinski definition) is 7. The molecule has 0 unspecified atom stereocenters. The van der Waals surface area contributed by atoms with Gasteiger partial charge in [0.2, 0.25) is 5.76 Å². The topological polar surface area (TPSA) is 95.0 Å². The van der Waals surface area contributed by atoms with Crippen molar-refractivity contribution < 1.29 is 23.2 Å². The molecule has 1 aliphatic heterocycles. The van der Waals surface area contributed by atoms with Crippen LogP contribution in [0.1, 0.15) is 44.6 Å². The number of anilines is 1. The number of aromatic nitrogens is 1. The molecule has 0 saturated carbocycles. The van der Waals surface area contributed by atoms with Crippen LogP contribution < -0.4 is 19.8 Å². The predicted octanol–water partition coefficient (Wildman–Crippen LogP) is 4.47. The fraction of sp³-hybridized carbons (Fsp3) is 0.240. The van der Waals surface area contributed by atoms with E-state index in [1.54, 1.807) is 43.3 Å². The van der Waals surface area contributed by atoms with Crippen LogP contribution in [0.4, 0.5) is 5.82 Å². The van der Waals surface area contributed by atoms with Crippen molar-refractivity contribution in [1.82, 2.24) is 5.16 Å². The zero-order valence-electron chi connectivity index (χ0n) is 18.9. The van der Waals surface area contributed by atoms with E-state index in [1.807, 2.05) is 13.8 Å². The minimum Gasteiger partial charge on any atom is -0.493 e. The number of rotatable bonds is 4. The number of fused-ring (bicyclic) bond motifs is 2. The SMILES string of the molecule is COc1cccc([C@@H]2c3c(oc4cc(C)c(C)cc4c3=O)C(=O)N2c2cc(C)on2)c1OC. The summed E-state index contributed by atoms with van der Waals surface area (Å²) in [6, 6.07) is 9.69. The zero-order chi connectivity index (χ0) is 23.4. The third kappa shape index (κ3) is 3.01. The molecular weight excluding hydrogens is 424 g/mol. The van der Waals surface area contributed by atoms with E-state index in [-0.39, 0.29) is 22.6 Å². The Morgan fingerprint density at radius 1 is 1.00 bits per heavy atom. The maximum Gasteiger partial charge on any atom is 0.296 e. The molecule has 0 N–H and O–H groups in total. The maximum atomic E-state index is 13.8. The fourth-order valence-corrected chi connectivity index (χ4v) is 4.35. The molecule has 1 atom stereocenters. The van der Waals surface area contributed by atoms with E-state index in [4.69, 9.17) is 18.4 Å². The van der Waals surface area contributed by atoms with Gasteiger partial charge in [-0.25, -0.2) is 0 Å². The van der Waals surface area contributed by atoms with Gasteiger partial charge in [-0.15, -0.1) is 0 Å². The Bertz CT molecular complexity index is 1480. The third-order valence-electron chi connectivity index (χ3n) is 6.08. The molecule has 1 amide bonds. The summed E-state index contributed by atoms with van der Waals surface area (Å²) in [5, 5.41) is 4.46. The molecule has 8 heteroatoms. The summed E-state index contributed by atoms with van der Waals surface area (Å²) in [5.74, 6) is 1.19. The van der Waals surface area contributed by atoms with E-state index in [1.165, 1.54) is 19.1 Å². The normalized spacial score (nSPS) is 15.2. The minimum absolute atomic E-state index is 0.0220. The van der Waals surface area contributed by atoms with Crippen molar-refractivity contribution in [1.29, 1.82) is 0 Å². The van der Waals surface area contributed by atoms with E-state index in [9.17, 15) is 9.59 Å². The highest BCUT2D eigenvalue weighted by molar-refractivity contribution is 6.10. The number of nitrogens with zero attached hydrogens (tertiary/aromatic N) is 2. The maximum absolute atomic E-state index is 13.8. The highest BCUT2D eigenvalue weighted by atomic mass is 16.5. The van der Waals surface area contributed by atoms with E-state index >= 15 is 0 Å². The average Bonchev–Trinajstić information content (AvgIpc) is 3.35. The largest absolute Gasteiger partial charge is 0.493 e. The Balaban J connectivity index is 1.87. The molecule has 0 fully saturated rings. The number of carbonyl (C=O) groups excluding carboxylic acids is 1. The summed E-state index contributed by atoms with van der Waals surface area (Å²) in [5.41, 5.74) is 2.80.